The molecular formula is C33H36F2N6O6S. The van der Waals surface area contributed by atoms with Gasteiger partial charge < -0.3 is 34.3 Å². The van der Waals surface area contributed by atoms with Crippen molar-refractivity contribution in [1.29, 1.82) is 0 Å². The Labute approximate surface area is 278 Å². The molecule has 3 aliphatic heterocycles. The Morgan fingerprint density at radius 2 is 1.92 bits per heavy atom. The number of thiazole rings is 1. The Morgan fingerprint density at radius 3 is 2.60 bits per heavy atom. The third kappa shape index (κ3) is 4.87. The molecule has 0 atom stereocenters. The third-order valence-electron chi connectivity index (χ3n) is 10.5. The average Bonchev–Trinajstić information content (AvgIpc) is 3.72. The van der Waals surface area contributed by atoms with Crippen molar-refractivity contribution in [3.63, 3.8) is 0 Å². The molecule has 6 aliphatic rings. The van der Waals surface area contributed by atoms with E-state index in [4.69, 9.17) is 14.5 Å². The molecule has 4 fully saturated rings. The molecule has 12 nitrogen and oxygen atoms in total. The first-order valence-corrected chi connectivity index (χ1v) is 17.2. The number of alkyl halides is 2. The minimum atomic E-state index is -2.39. The predicted octanol–water partition coefficient (Wildman–Crippen LogP) is 3.13. The number of anilines is 1. The quantitative estimate of drug-likeness (QED) is 0.367. The number of ether oxygens (including phenoxy) is 2. The molecule has 0 aromatic carbocycles. The number of rotatable bonds is 8. The van der Waals surface area contributed by atoms with Crippen LogP contribution in [0.25, 0.3) is 15.9 Å². The van der Waals surface area contributed by atoms with Crippen LogP contribution in [0.4, 0.5) is 14.5 Å². The summed E-state index contributed by atoms with van der Waals surface area (Å²) >= 11 is 1.37. The molecule has 2 amide bonds. The van der Waals surface area contributed by atoms with Gasteiger partial charge in [0.1, 0.15) is 33.3 Å². The van der Waals surface area contributed by atoms with Gasteiger partial charge in [-0.05, 0) is 37.7 Å². The fourth-order valence-electron chi connectivity index (χ4n) is 8.15. The molecule has 3 aromatic rings. The lowest BCUT2D eigenvalue weighted by molar-refractivity contribution is -0.228. The zero-order chi connectivity index (χ0) is 33.4. The van der Waals surface area contributed by atoms with E-state index in [2.05, 4.69) is 10.3 Å². The highest BCUT2D eigenvalue weighted by atomic mass is 32.1. The molecule has 6 heterocycles. The first kappa shape index (κ1) is 31.2. The Hall–Kier alpha value is -4.11. The Bertz CT molecular complexity index is 1910. The van der Waals surface area contributed by atoms with Gasteiger partial charge in [0, 0.05) is 54.8 Å². The average molecular weight is 683 g/mol. The number of amides is 2. The molecule has 48 heavy (non-hydrogen) atoms. The molecule has 0 radical (unpaired) electrons. The number of halogens is 2. The van der Waals surface area contributed by atoms with Gasteiger partial charge in [-0.15, -0.1) is 0 Å². The van der Waals surface area contributed by atoms with Gasteiger partial charge in [0.2, 0.25) is 17.8 Å². The Kier molecular flexibility index (Phi) is 7.47. The lowest BCUT2D eigenvalue weighted by Gasteiger charge is -2.69. The molecule has 0 unspecified atom stereocenters. The van der Waals surface area contributed by atoms with Crippen molar-refractivity contribution < 1.29 is 33.0 Å². The van der Waals surface area contributed by atoms with Crippen molar-refractivity contribution in [3.05, 3.63) is 44.5 Å². The number of carbonyl (C=O) groups is 2. The summed E-state index contributed by atoms with van der Waals surface area (Å²) in [5.74, 6) is -0.343. The standard InChI is InChI=1S/C33H36F2N6O6S/c1-2-20-25(39-6-8-40(9-7-39)29(45)23-26(43)19-5-12-47-21(19)13-36-23)27(44)24-30(48-28(37-24)18-3-10-46-11-4-18)41(20)14-22(42)38-33-15-32(16-33,17-33)31(34)35/h3,13,31,43H,2,4-12,14-17H2,1H3,(H,38,42). The number of carbonyl (C=O) groups excluding carboxylic acids is 2. The molecule has 3 saturated carbocycles. The van der Waals surface area contributed by atoms with Crippen LogP contribution in [0.5, 0.6) is 11.5 Å². The zero-order valence-electron chi connectivity index (χ0n) is 26.5. The Balaban J connectivity index is 1.09. The van der Waals surface area contributed by atoms with E-state index in [1.54, 1.807) is 4.90 Å². The molecule has 9 rings (SSSR count). The van der Waals surface area contributed by atoms with Gasteiger partial charge >= 0.3 is 0 Å². The van der Waals surface area contributed by atoms with Crippen LogP contribution in [-0.4, -0.2) is 94.3 Å². The summed E-state index contributed by atoms with van der Waals surface area (Å²) in [4.78, 5) is 54.4. The maximum absolute atomic E-state index is 14.3. The van der Waals surface area contributed by atoms with E-state index in [-0.39, 0.29) is 67.2 Å². The number of nitrogens with zero attached hydrogens (tertiary/aromatic N) is 5. The van der Waals surface area contributed by atoms with Crippen LogP contribution in [0, 0.1) is 5.41 Å². The molecule has 0 spiro atoms. The topological polar surface area (TPSA) is 139 Å². The van der Waals surface area contributed by atoms with Crippen LogP contribution in [0.1, 0.15) is 59.4 Å². The van der Waals surface area contributed by atoms with E-state index in [9.17, 15) is 28.3 Å². The molecule has 2 N–H and O–H groups in total. The molecular weight excluding hydrogens is 646 g/mol. The molecule has 3 aliphatic carbocycles. The number of pyridine rings is 2. The summed E-state index contributed by atoms with van der Waals surface area (Å²) in [6.45, 7) is 4.57. The summed E-state index contributed by atoms with van der Waals surface area (Å²) < 4.78 is 39.7. The van der Waals surface area contributed by atoms with Gasteiger partial charge in [0.15, 0.2) is 11.4 Å². The maximum atomic E-state index is 14.3. The van der Waals surface area contributed by atoms with Crippen molar-refractivity contribution in [2.45, 2.75) is 64.0 Å². The predicted molar refractivity (Wildman–Crippen MR) is 173 cm³/mol. The normalized spacial score (nSPS) is 24.5. The number of hydrogen-bond donors (Lipinski definition) is 2. The lowest BCUT2D eigenvalue weighted by atomic mass is 9.39. The van der Waals surface area contributed by atoms with Crippen molar-refractivity contribution in [1.82, 2.24) is 24.8 Å². The van der Waals surface area contributed by atoms with Crippen LogP contribution in [0.15, 0.2) is 17.1 Å². The van der Waals surface area contributed by atoms with Crippen LogP contribution in [0.3, 0.4) is 0 Å². The van der Waals surface area contributed by atoms with Crippen LogP contribution >= 0.6 is 11.3 Å². The zero-order valence-corrected chi connectivity index (χ0v) is 27.3. The van der Waals surface area contributed by atoms with Gasteiger partial charge in [-0.2, -0.15) is 0 Å². The Morgan fingerprint density at radius 1 is 1.15 bits per heavy atom. The number of aromatic nitrogens is 3. The number of piperazine rings is 1. The van der Waals surface area contributed by atoms with Crippen LogP contribution in [0.2, 0.25) is 0 Å². The second-order valence-electron chi connectivity index (χ2n) is 13.5. The highest BCUT2D eigenvalue weighted by Gasteiger charge is 2.72. The molecule has 15 heteroatoms. The van der Waals surface area contributed by atoms with Crippen molar-refractivity contribution in [3.8, 4) is 11.5 Å². The van der Waals surface area contributed by atoms with Gasteiger partial charge in [0.05, 0.1) is 26.0 Å². The van der Waals surface area contributed by atoms with E-state index in [1.807, 2.05) is 22.5 Å². The van der Waals surface area contributed by atoms with E-state index >= 15 is 0 Å². The molecule has 2 bridgehead atoms. The second-order valence-corrected chi connectivity index (χ2v) is 14.5. The van der Waals surface area contributed by atoms with Gasteiger partial charge in [-0.25, -0.2) is 18.7 Å². The summed E-state index contributed by atoms with van der Waals surface area (Å²) in [7, 11) is 0. The number of hydrogen-bond acceptors (Lipinski definition) is 10. The van der Waals surface area contributed by atoms with Crippen LogP contribution < -0.4 is 20.4 Å². The summed E-state index contributed by atoms with van der Waals surface area (Å²) in [6.07, 6.45) is 3.51. The number of aromatic hydroxyl groups is 1. The minimum Gasteiger partial charge on any atom is -0.505 e. The first-order valence-electron chi connectivity index (χ1n) is 16.4. The smallest absolute Gasteiger partial charge is 0.276 e. The lowest BCUT2D eigenvalue weighted by Crippen LogP contribution is -2.77. The molecule has 1 saturated heterocycles. The first-order chi connectivity index (χ1) is 23.1. The summed E-state index contributed by atoms with van der Waals surface area (Å²) in [6, 6.07) is 0. The van der Waals surface area contributed by atoms with E-state index < -0.39 is 23.3 Å². The maximum Gasteiger partial charge on any atom is 0.276 e. The fourth-order valence-corrected chi connectivity index (χ4v) is 9.30. The largest absolute Gasteiger partial charge is 0.505 e. The SMILES string of the molecule is CCc1c(N2CCN(C(=O)c3ncc4c(c3O)CCO4)CC2)c(=O)c2nc(C3=CCOCC3)sc2n1CC(=O)NC12CC(C(F)F)(C1)C2. The minimum absolute atomic E-state index is 0.0164. The number of nitrogens with one attached hydrogen (secondary N) is 1. The second kappa shape index (κ2) is 11.5. The van der Waals surface area contributed by atoms with E-state index in [1.165, 1.54) is 17.5 Å². The van der Waals surface area contributed by atoms with Gasteiger partial charge in [-0.1, -0.05) is 24.3 Å². The highest BCUT2D eigenvalue weighted by Crippen LogP contribution is 2.69. The van der Waals surface area contributed by atoms with E-state index in [0.717, 1.165) is 5.57 Å². The van der Waals surface area contributed by atoms with Gasteiger partial charge in [-0.3, -0.25) is 14.4 Å². The van der Waals surface area contributed by atoms with Crippen molar-refractivity contribution >= 4 is 44.8 Å². The summed E-state index contributed by atoms with van der Waals surface area (Å²) in [5, 5.41) is 14.5. The van der Waals surface area contributed by atoms with E-state index in [0.29, 0.717) is 84.7 Å². The van der Waals surface area contributed by atoms with Gasteiger partial charge in [0.25, 0.3) is 5.91 Å². The summed E-state index contributed by atoms with van der Waals surface area (Å²) in [5.41, 5.74) is 1.19. The van der Waals surface area contributed by atoms with Crippen molar-refractivity contribution in [2.24, 2.45) is 5.41 Å². The number of fused-ring (bicyclic) bond motifs is 2. The van der Waals surface area contributed by atoms with Crippen LogP contribution in [-0.2, 0) is 28.9 Å². The molecule has 3 aromatic heterocycles. The highest BCUT2D eigenvalue weighted by molar-refractivity contribution is 7.19. The molecule has 254 valence electrons. The van der Waals surface area contributed by atoms with Crippen molar-refractivity contribution in [2.75, 3.05) is 50.9 Å². The third-order valence-corrected chi connectivity index (χ3v) is 11.7. The monoisotopic (exact) mass is 682 g/mol. The fraction of sp³-hybridized carbons (Fsp3) is 0.545.